The molecule has 5 heteroatoms. The van der Waals surface area contributed by atoms with E-state index >= 15 is 0 Å². The van der Waals surface area contributed by atoms with Crippen LogP contribution in [0.15, 0.2) is 22.7 Å². The molecule has 1 aromatic rings. The van der Waals surface area contributed by atoms with Crippen molar-refractivity contribution in [3.63, 3.8) is 0 Å². The Hall–Kier alpha value is -1.54. The highest BCUT2D eigenvalue weighted by atomic mass is 79.9. The van der Waals surface area contributed by atoms with Crippen LogP contribution in [0.3, 0.4) is 0 Å². The fourth-order valence-corrected chi connectivity index (χ4v) is 2.06. The van der Waals surface area contributed by atoms with Crippen molar-refractivity contribution in [1.29, 1.82) is 5.26 Å². The number of esters is 1. The lowest BCUT2D eigenvalue weighted by atomic mass is 10.1. The van der Waals surface area contributed by atoms with E-state index in [0.717, 1.165) is 10.2 Å². The first-order valence-corrected chi connectivity index (χ1v) is 6.31. The van der Waals surface area contributed by atoms with Crippen molar-refractivity contribution in [2.24, 2.45) is 0 Å². The lowest BCUT2D eigenvalue weighted by Crippen LogP contribution is -2.36. The Morgan fingerprint density at radius 3 is 2.67 bits per heavy atom. The zero-order chi connectivity index (χ0) is 13.7. The van der Waals surface area contributed by atoms with E-state index in [1.54, 1.807) is 12.1 Å². The first-order valence-electron chi connectivity index (χ1n) is 5.52. The molecule has 4 nitrogen and oxygen atoms in total. The fourth-order valence-electron chi connectivity index (χ4n) is 1.58. The van der Waals surface area contributed by atoms with Gasteiger partial charge < -0.3 is 9.64 Å². The van der Waals surface area contributed by atoms with Crippen LogP contribution in [0, 0.1) is 11.3 Å². The second-order valence-corrected chi connectivity index (χ2v) is 5.02. The van der Waals surface area contributed by atoms with Gasteiger partial charge in [-0.05, 0) is 32.0 Å². The number of benzene rings is 1. The van der Waals surface area contributed by atoms with Gasteiger partial charge in [-0.15, -0.1) is 0 Å². The number of hydrogen-bond donors (Lipinski definition) is 0. The van der Waals surface area contributed by atoms with E-state index in [9.17, 15) is 4.79 Å². The average Bonchev–Trinajstić information content (AvgIpc) is 2.34. The number of nitrogens with zero attached hydrogens (tertiary/aromatic N) is 2. The Bertz CT molecular complexity index is 480. The molecule has 0 heterocycles. The van der Waals surface area contributed by atoms with Gasteiger partial charge in [-0.1, -0.05) is 15.9 Å². The molecule has 0 aliphatic rings. The lowest BCUT2D eigenvalue weighted by Gasteiger charge is -2.28. The van der Waals surface area contributed by atoms with Gasteiger partial charge in [0.25, 0.3) is 0 Å². The van der Waals surface area contributed by atoms with Crippen molar-refractivity contribution < 1.29 is 9.53 Å². The maximum atomic E-state index is 11.4. The molecule has 0 bridgehead atoms. The van der Waals surface area contributed by atoms with Gasteiger partial charge >= 0.3 is 5.97 Å². The number of rotatable bonds is 4. The van der Waals surface area contributed by atoms with Crippen molar-refractivity contribution in [1.82, 2.24) is 0 Å². The molecule has 0 amide bonds. The summed E-state index contributed by atoms with van der Waals surface area (Å²) in [4.78, 5) is 13.3. The monoisotopic (exact) mass is 310 g/mol. The molecule has 96 valence electrons. The summed E-state index contributed by atoms with van der Waals surface area (Å²) < 4.78 is 5.49. The van der Waals surface area contributed by atoms with Crippen molar-refractivity contribution in [3.05, 3.63) is 28.2 Å². The summed E-state index contributed by atoms with van der Waals surface area (Å²) in [5, 5.41) is 8.95. The maximum Gasteiger partial charge on any atom is 0.325 e. The minimum atomic E-state index is -0.304. The fraction of sp³-hybridized carbons (Fsp3) is 0.385. The molecule has 0 aromatic heterocycles. The predicted octanol–water partition coefficient (Wildman–Crippen LogP) is 2.71. The molecule has 0 radical (unpaired) electrons. The van der Waals surface area contributed by atoms with Gasteiger partial charge in [0.15, 0.2) is 0 Å². The number of carbonyl (C=O) groups is 1. The zero-order valence-electron chi connectivity index (χ0n) is 10.6. The number of nitriles is 1. The molecule has 0 aliphatic carbocycles. The van der Waals surface area contributed by atoms with Gasteiger partial charge in [-0.2, -0.15) is 5.26 Å². The summed E-state index contributed by atoms with van der Waals surface area (Å²) in [5.74, 6) is -0.304. The van der Waals surface area contributed by atoms with E-state index < -0.39 is 0 Å². The molecule has 1 rings (SSSR count). The van der Waals surface area contributed by atoms with E-state index in [2.05, 4.69) is 26.7 Å². The van der Waals surface area contributed by atoms with Gasteiger partial charge in [0.2, 0.25) is 0 Å². The third-order valence-corrected chi connectivity index (χ3v) is 2.95. The first kappa shape index (κ1) is 14.5. The van der Waals surface area contributed by atoms with Crippen LogP contribution in [0.1, 0.15) is 19.4 Å². The Morgan fingerprint density at radius 2 is 2.17 bits per heavy atom. The molecule has 0 N–H and O–H groups in total. The highest BCUT2D eigenvalue weighted by Crippen LogP contribution is 2.24. The van der Waals surface area contributed by atoms with Gasteiger partial charge in [-0.3, -0.25) is 4.79 Å². The summed E-state index contributed by atoms with van der Waals surface area (Å²) in [6, 6.07) is 7.60. The number of anilines is 1. The SMILES string of the molecule is COC(=O)CN(c1cc(Br)cc(C#N)c1)C(C)C. The molecule has 0 atom stereocenters. The lowest BCUT2D eigenvalue weighted by molar-refractivity contribution is -0.139. The molecule has 1 aromatic carbocycles. The normalized spacial score (nSPS) is 10.0. The first-order chi connectivity index (χ1) is 8.47. The van der Waals surface area contributed by atoms with Crippen LogP contribution in [0.5, 0.6) is 0 Å². The van der Waals surface area contributed by atoms with Crippen LogP contribution in [-0.2, 0) is 9.53 Å². The maximum absolute atomic E-state index is 11.4. The van der Waals surface area contributed by atoms with Crippen molar-refractivity contribution in [2.75, 3.05) is 18.6 Å². The van der Waals surface area contributed by atoms with E-state index in [-0.39, 0.29) is 18.6 Å². The summed E-state index contributed by atoms with van der Waals surface area (Å²) in [6.07, 6.45) is 0. The number of hydrogen-bond acceptors (Lipinski definition) is 4. The third-order valence-electron chi connectivity index (χ3n) is 2.49. The van der Waals surface area contributed by atoms with Crippen molar-refractivity contribution >= 4 is 27.6 Å². The third kappa shape index (κ3) is 3.74. The number of carbonyl (C=O) groups excluding carboxylic acids is 1. The van der Waals surface area contributed by atoms with Crippen LogP contribution in [0.4, 0.5) is 5.69 Å². The Morgan fingerprint density at radius 1 is 1.50 bits per heavy atom. The molecular weight excluding hydrogens is 296 g/mol. The minimum Gasteiger partial charge on any atom is -0.468 e. The molecule has 0 spiro atoms. The highest BCUT2D eigenvalue weighted by molar-refractivity contribution is 9.10. The van der Waals surface area contributed by atoms with E-state index in [1.165, 1.54) is 7.11 Å². The summed E-state index contributed by atoms with van der Waals surface area (Å²) >= 11 is 3.36. The van der Waals surface area contributed by atoms with E-state index in [1.807, 2.05) is 24.8 Å². The van der Waals surface area contributed by atoms with Gasteiger partial charge in [0.05, 0.1) is 18.7 Å². The minimum absolute atomic E-state index is 0.130. The van der Waals surface area contributed by atoms with Crippen molar-refractivity contribution in [2.45, 2.75) is 19.9 Å². The number of methoxy groups -OCH3 is 1. The number of halogens is 1. The average molecular weight is 311 g/mol. The van der Waals surface area contributed by atoms with E-state index in [4.69, 9.17) is 5.26 Å². The van der Waals surface area contributed by atoms with Crippen LogP contribution >= 0.6 is 15.9 Å². The van der Waals surface area contributed by atoms with Gasteiger partial charge in [0.1, 0.15) is 6.54 Å². The van der Waals surface area contributed by atoms with Crippen molar-refractivity contribution in [3.8, 4) is 6.07 Å². The summed E-state index contributed by atoms with van der Waals surface area (Å²) in [7, 11) is 1.36. The van der Waals surface area contributed by atoms with Crippen LogP contribution in [0.25, 0.3) is 0 Å². The summed E-state index contributed by atoms with van der Waals surface area (Å²) in [5.41, 5.74) is 1.37. The second kappa shape index (κ2) is 6.41. The molecule has 18 heavy (non-hydrogen) atoms. The molecule has 0 aliphatic heterocycles. The van der Waals surface area contributed by atoms with Crippen LogP contribution in [0.2, 0.25) is 0 Å². The molecule has 0 saturated carbocycles. The predicted molar refractivity (Wildman–Crippen MR) is 73.4 cm³/mol. The van der Waals surface area contributed by atoms with Crippen LogP contribution < -0.4 is 4.90 Å². The Kier molecular flexibility index (Phi) is 5.17. The van der Waals surface area contributed by atoms with Gasteiger partial charge in [0, 0.05) is 16.2 Å². The summed E-state index contributed by atoms with van der Waals surface area (Å²) in [6.45, 7) is 4.13. The largest absolute Gasteiger partial charge is 0.468 e. The number of ether oxygens (including phenoxy) is 1. The Balaban J connectivity index is 3.10. The zero-order valence-corrected chi connectivity index (χ0v) is 12.2. The molecule has 0 unspecified atom stereocenters. The quantitative estimate of drug-likeness (QED) is 0.802. The molecular formula is C13H15BrN2O2. The van der Waals surface area contributed by atoms with E-state index in [0.29, 0.717) is 5.56 Å². The molecule has 0 saturated heterocycles. The second-order valence-electron chi connectivity index (χ2n) is 4.11. The highest BCUT2D eigenvalue weighted by Gasteiger charge is 2.16. The smallest absolute Gasteiger partial charge is 0.325 e. The standard InChI is InChI=1S/C13H15BrN2O2/c1-9(2)16(8-13(17)18-3)12-5-10(7-15)4-11(14)6-12/h4-6,9H,8H2,1-3H3. The topological polar surface area (TPSA) is 53.3 Å². The molecule has 0 fully saturated rings. The van der Waals surface area contributed by atoms with Crippen LogP contribution in [-0.4, -0.2) is 25.7 Å². The van der Waals surface area contributed by atoms with Gasteiger partial charge in [-0.25, -0.2) is 0 Å². The Labute approximate surface area is 115 Å².